The number of benzene rings is 1. The summed E-state index contributed by atoms with van der Waals surface area (Å²) in [6, 6.07) is 11.0. The molecule has 1 saturated heterocycles. The van der Waals surface area contributed by atoms with E-state index in [0.29, 0.717) is 12.1 Å². The molecule has 0 atom stereocenters. The van der Waals surface area contributed by atoms with Crippen molar-refractivity contribution in [3.63, 3.8) is 0 Å². The fourth-order valence-electron chi connectivity index (χ4n) is 3.00. The van der Waals surface area contributed by atoms with Crippen LogP contribution in [0.1, 0.15) is 34.3 Å². The molecule has 2 aromatic rings. The van der Waals surface area contributed by atoms with Gasteiger partial charge in [0.25, 0.3) is 5.91 Å². The van der Waals surface area contributed by atoms with Gasteiger partial charge in [0.15, 0.2) is 0 Å². The Kier molecular flexibility index (Phi) is 6.20. The first-order valence-corrected chi connectivity index (χ1v) is 9.13. The topological polar surface area (TPSA) is 74.3 Å². The maximum absolute atomic E-state index is 12.1. The first kappa shape index (κ1) is 18.6. The molecule has 1 aliphatic heterocycles. The van der Waals surface area contributed by atoms with Crippen LogP contribution in [0.4, 0.5) is 5.82 Å². The van der Waals surface area contributed by atoms with E-state index in [9.17, 15) is 9.59 Å². The Morgan fingerprint density at radius 3 is 2.59 bits per heavy atom. The first-order chi connectivity index (χ1) is 13.2. The Morgan fingerprint density at radius 1 is 1.15 bits per heavy atom. The summed E-state index contributed by atoms with van der Waals surface area (Å²) < 4.78 is 0. The maximum atomic E-state index is 12.1. The molecule has 0 bridgehead atoms. The molecule has 2 amide bonds. The zero-order chi connectivity index (χ0) is 19.1. The number of rotatable bonds is 6. The molecule has 27 heavy (non-hydrogen) atoms. The van der Waals surface area contributed by atoms with Crippen LogP contribution in [0.25, 0.3) is 6.08 Å². The van der Waals surface area contributed by atoms with E-state index < -0.39 is 0 Å². The van der Waals surface area contributed by atoms with Gasteiger partial charge in [0, 0.05) is 44.5 Å². The summed E-state index contributed by atoms with van der Waals surface area (Å²) in [4.78, 5) is 30.3. The van der Waals surface area contributed by atoms with Crippen molar-refractivity contribution in [3.05, 3.63) is 65.4 Å². The van der Waals surface area contributed by atoms with Crippen molar-refractivity contribution < 1.29 is 9.59 Å². The monoisotopic (exact) mass is 364 g/mol. The number of carbonyl (C=O) groups excluding carboxylic acids is 2. The quantitative estimate of drug-likeness (QED) is 0.772. The number of amides is 2. The Bertz CT molecular complexity index is 824. The molecule has 0 spiro atoms. The Labute approximate surface area is 159 Å². The van der Waals surface area contributed by atoms with Crippen molar-refractivity contribution in [2.24, 2.45) is 0 Å². The zero-order valence-corrected chi connectivity index (χ0v) is 15.4. The predicted octanol–water partition coefficient (Wildman–Crippen LogP) is 2.37. The second-order valence-electron chi connectivity index (χ2n) is 6.47. The number of carbonyl (C=O) groups is 2. The predicted molar refractivity (Wildman–Crippen MR) is 106 cm³/mol. The molecular formula is C21H24N4O2. The lowest BCUT2D eigenvalue weighted by molar-refractivity contribution is -0.116. The van der Waals surface area contributed by atoms with Crippen LogP contribution in [0.2, 0.25) is 0 Å². The van der Waals surface area contributed by atoms with Crippen LogP contribution >= 0.6 is 0 Å². The van der Waals surface area contributed by atoms with Crippen LogP contribution in [0, 0.1) is 0 Å². The van der Waals surface area contributed by atoms with Crippen LogP contribution in [0.15, 0.2) is 48.7 Å². The summed E-state index contributed by atoms with van der Waals surface area (Å²) in [6.45, 7) is 2.55. The van der Waals surface area contributed by atoms with E-state index in [1.807, 2.05) is 12.1 Å². The minimum atomic E-state index is -0.162. The summed E-state index contributed by atoms with van der Waals surface area (Å²) in [7, 11) is 1.59. The van der Waals surface area contributed by atoms with Crippen LogP contribution in [0.5, 0.6) is 0 Å². The number of hydrogen-bond acceptors (Lipinski definition) is 4. The highest BCUT2D eigenvalue weighted by atomic mass is 16.2. The van der Waals surface area contributed by atoms with Crippen molar-refractivity contribution in [2.45, 2.75) is 19.4 Å². The largest absolute Gasteiger partial charge is 0.357 e. The minimum Gasteiger partial charge on any atom is -0.357 e. The molecule has 2 N–H and O–H groups in total. The minimum absolute atomic E-state index is 0.131. The number of hydrogen-bond donors (Lipinski definition) is 2. The smallest absolute Gasteiger partial charge is 0.251 e. The number of pyridine rings is 1. The van der Waals surface area contributed by atoms with Gasteiger partial charge in [0.05, 0.1) is 0 Å². The second kappa shape index (κ2) is 8.98. The van der Waals surface area contributed by atoms with Crippen LogP contribution < -0.4 is 15.5 Å². The fraction of sp³-hybridized carbons (Fsp3) is 0.286. The Morgan fingerprint density at radius 2 is 1.89 bits per heavy atom. The van der Waals surface area contributed by atoms with Crippen LogP contribution in [0.3, 0.4) is 0 Å². The van der Waals surface area contributed by atoms with Crippen molar-refractivity contribution in [3.8, 4) is 0 Å². The molecule has 0 aliphatic carbocycles. The molecule has 6 nitrogen and oxygen atoms in total. The highest BCUT2D eigenvalue weighted by Crippen LogP contribution is 2.18. The van der Waals surface area contributed by atoms with Gasteiger partial charge < -0.3 is 15.5 Å². The summed E-state index contributed by atoms with van der Waals surface area (Å²) in [5.41, 5.74) is 2.48. The van der Waals surface area contributed by atoms with Gasteiger partial charge in [0.2, 0.25) is 5.91 Å². The molecule has 1 aromatic carbocycles. The van der Waals surface area contributed by atoms with E-state index >= 15 is 0 Å². The van der Waals surface area contributed by atoms with Gasteiger partial charge in [-0.2, -0.15) is 0 Å². The Balaban J connectivity index is 1.52. The third-order valence-electron chi connectivity index (χ3n) is 4.53. The van der Waals surface area contributed by atoms with Gasteiger partial charge in [-0.3, -0.25) is 9.59 Å². The lowest BCUT2D eigenvalue weighted by Gasteiger charge is -2.16. The molecule has 0 unspecified atom stereocenters. The first-order valence-electron chi connectivity index (χ1n) is 9.13. The highest BCUT2D eigenvalue weighted by Gasteiger charge is 2.13. The van der Waals surface area contributed by atoms with Gasteiger partial charge in [-0.1, -0.05) is 12.1 Å². The molecule has 3 rings (SSSR count). The van der Waals surface area contributed by atoms with E-state index in [0.717, 1.165) is 30.0 Å². The standard InChI is InChI=1S/C21H24N4O2/c1-22-21(27)18-7-4-16(5-8-18)6-9-20(26)24-15-17-10-11-23-19(14-17)25-12-2-3-13-25/h4-11,14H,2-3,12-13,15H2,1H3,(H,22,27)(H,24,26)/b9-6+. The number of nitrogens with one attached hydrogen (secondary N) is 2. The summed E-state index contributed by atoms with van der Waals surface area (Å²) in [6.07, 6.45) is 7.43. The van der Waals surface area contributed by atoms with E-state index in [1.54, 1.807) is 43.6 Å². The van der Waals surface area contributed by atoms with E-state index in [-0.39, 0.29) is 11.8 Å². The van der Waals surface area contributed by atoms with Gasteiger partial charge in [-0.15, -0.1) is 0 Å². The summed E-state index contributed by atoms with van der Waals surface area (Å²) in [5.74, 6) is 0.685. The zero-order valence-electron chi connectivity index (χ0n) is 15.4. The molecule has 0 radical (unpaired) electrons. The lowest BCUT2D eigenvalue weighted by atomic mass is 10.1. The third kappa shape index (κ3) is 5.17. The molecule has 2 heterocycles. The van der Waals surface area contributed by atoms with Crippen molar-refractivity contribution in [1.29, 1.82) is 0 Å². The SMILES string of the molecule is CNC(=O)c1ccc(/C=C/C(=O)NCc2ccnc(N3CCCC3)c2)cc1. The molecule has 6 heteroatoms. The number of nitrogens with zero attached hydrogens (tertiary/aromatic N) is 2. The number of aromatic nitrogens is 1. The highest BCUT2D eigenvalue weighted by molar-refractivity contribution is 5.94. The van der Waals surface area contributed by atoms with Gasteiger partial charge in [-0.25, -0.2) is 4.98 Å². The van der Waals surface area contributed by atoms with Crippen LogP contribution in [-0.4, -0.2) is 36.9 Å². The fourth-order valence-corrected chi connectivity index (χ4v) is 3.00. The summed E-state index contributed by atoms with van der Waals surface area (Å²) >= 11 is 0. The maximum Gasteiger partial charge on any atom is 0.251 e. The molecule has 1 aromatic heterocycles. The van der Waals surface area contributed by atoms with Crippen molar-refractivity contribution in [2.75, 3.05) is 25.0 Å². The van der Waals surface area contributed by atoms with Gasteiger partial charge in [0.1, 0.15) is 5.82 Å². The van der Waals surface area contributed by atoms with Crippen LogP contribution in [-0.2, 0) is 11.3 Å². The normalized spacial score (nSPS) is 13.7. The average molecular weight is 364 g/mol. The van der Waals surface area contributed by atoms with Crippen molar-refractivity contribution >= 4 is 23.7 Å². The average Bonchev–Trinajstić information content (AvgIpc) is 3.25. The van der Waals surface area contributed by atoms with Gasteiger partial charge >= 0.3 is 0 Å². The van der Waals surface area contributed by atoms with Crippen molar-refractivity contribution in [1.82, 2.24) is 15.6 Å². The third-order valence-corrected chi connectivity index (χ3v) is 4.53. The van der Waals surface area contributed by atoms with E-state index in [1.165, 1.54) is 18.9 Å². The molecular weight excluding hydrogens is 340 g/mol. The van der Waals surface area contributed by atoms with Gasteiger partial charge in [-0.05, 0) is 54.3 Å². The molecule has 1 fully saturated rings. The van der Waals surface area contributed by atoms with E-state index in [4.69, 9.17) is 0 Å². The molecule has 0 saturated carbocycles. The second-order valence-corrected chi connectivity index (χ2v) is 6.47. The Hall–Kier alpha value is -3.15. The molecule has 140 valence electrons. The summed E-state index contributed by atoms with van der Waals surface area (Å²) in [5, 5.41) is 5.47. The number of anilines is 1. The molecule has 1 aliphatic rings. The van der Waals surface area contributed by atoms with E-state index in [2.05, 4.69) is 20.5 Å². The lowest BCUT2D eigenvalue weighted by Crippen LogP contribution is -2.22.